The predicted octanol–water partition coefficient (Wildman–Crippen LogP) is 5.50. The third-order valence-electron chi connectivity index (χ3n) is 4.88. The highest BCUT2D eigenvalue weighted by molar-refractivity contribution is 6.30. The molecule has 0 saturated carbocycles. The highest BCUT2D eigenvalue weighted by atomic mass is 35.5. The van der Waals surface area contributed by atoms with E-state index in [2.05, 4.69) is 0 Å². The first kappa shape index (κ1) is 20.0. The third-order valence-corrected chi connectivity index (χ3v) is 5.14. The molecule has 0 bridgehead atoms. The van der Waals surface area contributed by atoms with Crippen molar-refractivity contribution in [2.75, 3.05) is 0 Å². The Morgan fingerprint density at radius 1 is 1.03 bits per heavy atom. The summed E-state index contributed by atoms with van der Waals surface area (Å²) in [6.07, 6.45) is 1.56. The minimum absolute atomic E-state index is 0.00183. The summed E-state index contributed by atoms with van der Waals surface area (Å²) in [4.78, 5) is 27.6. The van der Waals surface area contributed by atoms with Crippen LogP contribution in [0.1, 0.15) is 33.0 Å². The molecule has 0 radical (unpaired) electrons. The zero-order valence-electron chi connectivity index (χ0n) is 16.6. The van der Waals surface area contributed by atoms with E-state index < -0.39 is 0 Å². The number of hydrogen-bond donors (Lipinski definition) is 0. The van der Waals surface area contributed by atoms with E-state index in [4.69, 9.17) is 20.4 Å². The van der Waals surface area contributed by atoms with Crippen LogP contribution in [-0.2, 0) is 13.1 Å². The second-order valence-electron chi connectivity index (χ2n) is 7.30. The zero-order valence-corrected chi connectivity index (χ0v) is 17.4. The lowest BCUT2D eigenvalue weighted by Crippen LogP contribution is -2.30. The van der Waals surface area contributed by atoms with E-state index in [1.54, 1.807) is 41.5 Å². The fourth-order valence-electron chi connectivity index (χ4n) is 3.53. The molecule has 0 N–H and O–H groups in total. The lowest BCUT2D eigenvalue weighted by Gasteiger charge is -2.21. The van der Waals surface area contributed by atoms with Gasteiger partial charge in [-0.15, -0.1) is 0 Å². The van der Waals surface area contributed by atoms with Gasteiger partial charge < -0.3 is 13.7 Å². The first-order chi connectivity index (χ1) is 14.4. The average Bonchev–Trinajstić information content (AvgIpc) is 3.21. The average molecular weight is 422 g/mol. The molecule has 0 fully saturated rings. The van der Waals surface area contributed by atoms with Gasteiger partial charge in [-0.2, -0.15) is 0 Å². The molecular weight excluding hydrogens is 402 g/mol. The van der Waals surface area contributed by atoms with E-state index in [0.717, 1.165) is 16.7 Å². The van der Waals surface area contributed by atoms with Crippen molar-refractivity contribution in [1.29, 1.82) is 0 Å². The molecule has 0 unspecified atom stereocenters. The predicted molar refractivity (Wildman–Crippen MR) is 116 cm³/mol. The highest BCUT2D eigenvalue weighted by Crippen LogP contribution is 2.21. The van der Waals surface area contributed by atoms with Gasteiger partial charge in [-0.25, -0.2) is 0 Å². The van der Waals surface area contributed by atoms with E-state index in [-0.39, 0.29) is 23.6 Å². The lowest BCUT2D eigenvalue weighted by atomic mass is 10.1. The zero-order chi connectivity index (χ0) is 21.3. The maximum atomic E-state index is 13.3. The maximum Gasteiger partial charge on any atom is 0.290 e. The first-order valence-corrected chi connectivity index (χ1v) is 9.90. The van der Waals surface area contributed by atoms with Gasteiger partial charge in [-0.3, -0.25) is 9.59 Å². The number of fused-ring (bicyclic) bond motifs is 1. The Balaban J connectivity index is 1.73. The van der Waals surface area contributed by atoms with Crippen molar-refractivity contribution in [3.05, 3.63) is 104 Å². The number of halogens is 1. The van der Waals surface area contributed by atoms with E-state index in [1.807, 2.05) is 32.0 Å². The van der Waals surface area contributed by atoms with Gasteiger partial charge in [-0.05, 0) is 60.9 Å². The molecule has 2 aromatic heterocycles. The molecule has 5 nitrogen and oxygen atoms in total. The van der Waals surface area contributed by atoms with Crippen molar-refractivity contribution in [2.45, 2.75) is 26.9 Å². The number of benzene rings is 2. The Labute approximate surface area is 178 Å². The van der Waals surface area contributed by atoms with Crippen molar-refractivity contribution in [3.8, 4) is 0 Å². The van der Waals surface area contributed by atoms with Gasteiger partial charge in [-0.1, -0.05) is 29.8 Å². The number of hydrogen-bond acceptors (Lipinski definition) is 4. The maximum absolute atomic E-state index is 13.3. The molecule has 0 aliphatic rings. The van der Waals surface area contributed by atoms with Crippen molar-refractivity contribution in [2.24, 2.45) is 0 Å². The van der Waals surface area contributed by atoms with Gasteiger partial charge in [0.15, 0.2) is 11.2 Å². The molecule has 30 heavy (non-hydrogen) atoms. The Morgan fingerprint density at radius 3 is 2.50 bits per heavy atom. The van der Waals surface area contributed by atoms with Crippen LogP contribution in [0.2, 0.25) is 5.02 Å². The molecule has 4 aromatic rings. The van der Waals surface area contributed by atoms with Crippen LogP contribution in [0.3, 0.4) is 0 Å². The van der Waals surface area contributed by atoms with E-state index in [1.165, 1.54) is 6.07 Å². The Morgan fingerprint density at radius 2 is 1.80 bits per heavy atom. The second kappa shape index (κ2) is 8.20. The first-order valence-electron chi connectivity index (χ1n) is 9.52. The van der Waals surface area contributed by atoms with Crippen LogP contribution >= 0.6 is 11.6 Å². The monoisotopic (exact) mass is 421 g/mol. The van der Waals surface area contributed by atoms with Crippen LogP contribution in [0, 0.1) is 13.8 Å². The highest BCUT2D eigenvalue weighted by Gasteiger charge is 2.22. The molecule has 2 aromatic carbocycles. The largest absolute Gasteiger partial charge is 0.467 e. The van der Waals surface area contributed by atoms with Gasteiger partial charge in [0.05, 0.1) is 18.2 Å². The molecule has 0 aliphatic carbocycles. The third kappa shape index (κ3) is 4.16. The van der Waals surface area contributed by atoms with Gasteiger partial charge in [0, 0.05) is 17.6 Å². The Kier molecular flexibility index (Phi) is 5.46. The standard InChI is InChI=1S/C24H20ClNO4/c1-15-10-16(2)23-20(27)12-22(30-21(23)11-15)24(28)26(14-19-4-3-9-29-19)13-17-5-7-18(25)8-6-17/h3-12H,13-14H2,1-2H3. The molecule has 152 valence electrons. The summed E-state index contributed by atoms with van der Waals surface area (Å²) in [7, 11) is 0. The number of carbonyl (C=O) groups excluding carboxylic acids is 1. The van der Waals surface area contributed by atoms with Gasteiger partial charge in [0.25, 0.3) is 5.91 Å². The fraction of sp³-hybridized carbons (Fsp3) is 0.167. The molecule has 2 heterocycles. The molecule has 4 rings (SSSR count). The van der Waals surface area contributed by atoms with Gasteiger partial charge >= 0.3 is 0 Å². The number of rotatable bonds is 5. The lowest BCUT2D eigenvalue weighted by molar-refractivity contribution is 0.0686. The molecule has 0 saturated heterocycles. The number of nitrogens with zero attached hydrogens (tertiary/aromatic N) is 1. The summed E-state index contributed by atoms with van der Waals surface area (Å²) in [6, 6.07) is 15.8. The fourth-order valence-corrected chi connectivity index (χ4v) is 3.65. The summed E-state index contributed by atoms with van der Waals surface area (Å²) < 4.78 is 11.3. The summed E-state index contributed by atoms with van der Waals surface area (Å²) in [6.45, 7) is 4.33. The molecule has 1 amide bonds. The number of amides is 1. The van der Waals surface area contributed by atoms with Crippen LogP contribution < -0.4 is 5.43 Å². The molecular formula is C24H20ClNO4. The second-order valence-corrected chi connectivity index (χ2v) is 7.73. The minimum Gasteiger partial charge on any atom is -0.467 e. The van der Waals surface area contributed by atoms with Crippen molar-refractivity contribution < 1.29 is 13.6 Å². The number of aryl methyl sites for hydroxylation is 2. The molecule has 0 aliphatic heterocycles. The van der Waals surface area contributed by atoms with Crippen molar-refractivity contribution in [3.63, 3.8) is 0 Å². The van der Waals surface area contributed by atoms with Crippen LogP contribution in [0.4, 0.5) is 0 Å². The number of carbonyl (C=O) groups is 1. The number of furan rings is 1. The Bertz CT molecular complexity index is 1260. The molecule has 0 spiro atoms. The summed E-state index contributed by atoms with van der Waals surface area (Å²) in [5.74, 6) is 0.240. The van der Waals surface area contributed by atoms with Gasteiger partial charge in [0.2, 0.25) is 0 Å². The smallest absolute Gasteiger partial charge is 0.290 e. The minimum atomic E-state index is -0.389. The van der Waals surface area contributed by atoms with E-state index in [9.17, 15) is 9.59 Å². The van der Waals surface area contributed by atoms with Crippen LogP contribution in [0.5, 0.6) is 0 Å². The summed E-state index contributed by atoms with van der Waals surface area (Å²) in [5.41, 5.74) is 2.86. The topological polar surface area (TPSA) is 63.7 Å². The van der Waals surface area contributed by atoms with Crippen LogP contribution in [0.25, 0.3) is 11.0 Å². The molecule has 0 atom stereocenters. The van der Waals surface area contributed by atoms with Gasteiger partial charge in [0.1, 0.15) is 11.3 Å². The summed E-state index contributed by atoms with van der Waals surface area (Å²) in [5, 5.41) is 1.11. The Hall–Kier alpha value is -3.31. The quantitative estimate of drug-likeness (QED) is 0.427. The summed E-state index contributed by atoms with van der Waals surface area (Å²) >= 11 is 5.97. The van der Waals surface area contributed by atoms with Crippen molar-refractivity contribution >= 4 is 28.5 Å². The van der Waals surface area contributed by atoms with E-state index in [0.29, 0.717) is 28.3 Å². The SMILES string of the molecule is Cc1cc(C)c2c(=O)cc(C(=O)N(Cc3ccc(Cl)cc3)Cc3ccco3)oc2c1. The normalized spacial score (nSPS) is 11.0. The van der Waals surface area contributed by atoms with Crippen LogP contribution in [0.15, 0.2) is 74.5 Å². The molecule has 6 heteroatoms. The van der Waals surface area contributed by atoms with E-state index >= 15 is 0 Å². The van der Waals surface area contributed by atoms with Crippen molar-refractivity contribution in [1.82, 2.24) is 4.90 Å². The van der Waals surface area contributed by atoms with Crippen LogP contribution in [-0.4, -0.2) is 10.8 Å².